The molecule has 1 heterocycles. The first-order valence-electron chi connectivity index (χ1n) is 7.95. The molecule has 0 aromatic rings. The second-order valence-corrected chi connectivity index (χ2v) is 5.50. The van der Waals surface area contributed by atoms with Crippen LogP contribution in [-0.4, -0.2) is 73.6 Å². The van der Waals surface area contributed by atoms with Gasteiger partial charge in [-0.1, -0.05) is 0 Å². The van der Waals surface area contributed by atoms with E-state index in [1.165, 1.54) is 0 Å². The molecule has 1 N–H and O–H groups in total. The Labute approximate surface area is 128 Å². The summed E-state index contributed by atoms with van der Waals surface area (Å²) in [5.41, 5.74) is 0. The monoisotopic (exact) mass is 298 g/mol. The Kier molecular flexibility index (Phi) is 8.12. The third kappa shape index (κ3) is 6.80. The van der Waals surface area contributed by atoms with Crippen LogP contribution in [0.1, 0.15) is 34.1 Å². The van der Waals surface area contributed by atoms with Gasteiger partial charge in [0.05, 0.1) is 6.10 Å². The number of carbonyl (C=O) groups is 1. The van der Waals surface area contributed by atoms with Gasteiger partial charge in [-0.25, -0.2) is 0 Å². The van der Waals surface area contributed by atoms with E-state index in [4.69, 9.17) is 4.74 Å². The molecular weight excluding hydrogens is 268 g/mol. The van der Waals surface area contributed by atoms with Gasteiger partial charge in [0.15, 0.2) is 5.96 Å². The molecule has 1 aliphatic heterocycles. The van der Waals surface area contributed by atoms with Crippen molar-refractivity contribution in [3.63, 3.8) is 0 Å². The molecule has 0 aromatic heterocycles. The summed E-state index contributed by atoms with van der Waals surface area (Å²) in [6.45, 7) is 13.4. The zero-order valence-corrected chi connectivity index (χ0v) is 13.9. The quantitative estimate of drug-likeness (QED) is 0.450. The predicted octanol–water partition coefficient (Wildman–Crippen LogP) is 0.931. The normalized spacial score (nSPS) is 16.5. The molecule has 0 radical (unpaired) electrons. The Morgan fingerprint density at radius 2 is 1.86 bits per heavy atom. The van der Waals surface area contributed by atoms with Gasteiger partial charge < -0.3 is 19.9 Å². The molecule has 0 aromatic carbocycles. The lowest BCUT2D eigenvalue weighted by Crippen LogP contribution is -2.53. The van der Waals surface area contributed by atoms with Crippen molar-refractivity contribution in [1.29, 1.82) is 0 Å². The number of hydrogen-bond donors (Lipinski definition) is 1. The number of piperazine rings is 1. The molecule has 1 rings (SSSR count). The lowest BCUT2D eigenvalue weighted by molar-refractivity contribution is -0.130. The summed E-state index contributed by atoms with van der Waals surface area (Å²) < 4.78 is 5.52. The number of aliphatic imine (C=N–C) groups is 1. The van der Waals surface area contributed by atoms with Crippen molar-refractivity contribution >= 4 is 11.9 Å². The molecule has 122 valence electrons. The van der Waals surface area contributed by atoms with Gasteiger partial charge in [0.25, 0.3) is 0 Å². The molecule has 1 aliphatic rings. The molecule has 1 saturated heterocycles. The molecular formula is C15H30N4O2. The molecule has 0 saturated carbocycles. The Morgan fingerprint density at radius 3 is 2.38 bits per heavy atom. The van der Waals surface area contributed by atoms with Crippen molar-refractivity contribution in [3.05, 3.63) is 0 Å². The highest BCUT2D eigenvalue weighted by molar-refractivity contribution is 5.80. The zero-order valence-electron chi connectivity index (χ0n) is 13.9. The van der Waals surface area contributed by atoms with Crippen LogP contribution in [-0.2, 0) is 9.53 Å². The lowest BCUT2D eigenvalue weighted by atomic mass is 10.3. The van der Waals surface area contributed by atoms with E-state index >= 15 is 0 Å². The summed E-state index contributed by atoms with van der Waals surface area (Å²) >= 11 is 0. The second kappa shape index (κ2) is 9.60. The van der Waals surface area contributed by atoms with Gasteiger partial charge in [-0.2, -0.15) is 0 Å². The first-order valence-corrected chi connectivity index (χ1v) is 7.95. The fourth-order valence-electron chi connectivity index (χ4n) is 2.23. The zero-order chi connectivity index (χ0) is 15.7. The van der Waals surface area contributed by atoms with Crippen LogP contribution in [0.5, 0.6) is 0 Å². The summed E-state index contributed by atoms with van der Waals surface area (Å²) in [6, 6.07) is 0. The number of nitrogens with one attached hydrogen (secondary N) is 1. The second-order valence-electron chi connectivity index (χ2n) is 5.50. The van der Waals surface area contributed by atoms with Crippen molar-refractivity contribution in [3.8, 4) is 0 Å². The Hall–Kier alpha value is -1.30. The van der Waals surface area contributed by atoms with Crippen LogP contribution in [0.4, 0.5) is 0 Å². The fraction of sp³-hybridized carbons (Fsp3) is 0.867. The number of ether oxygens (including phenoxy) is 1. The number of carbonyl (C=O) groups excluding carboxylic acids is 1. The fourth-order valence-corrected chi connectivity index (χ4v) is 2.23. The summed E-state index contributed by atoms with van der Waals surface area (Å²) in [4.78, 5) is 20.1. The van der Waals surface area contributed by atoms with Crippen molar-refractivity contribution in [2.45, 2.75) is 40.2 Å². The minimum atomic E-state index is 0.155. The van der Waals surface area contributed by atoms with E-state index in [1.54, 1.807) is 6.92 Å². The number of guanidine groups is 1. The summed E-state index contributed by atoms with van der Waals surface area (Å²) in [5.74, 6) is 1.10. The lowest BCUT2D eigenvalue weighted by Gasteiger charge is -2.36. The van der Waals surface area contributed by atoms with Crippen LogP contribution in [0.2, 0.25) is 0 Å². The topological polar surface area (TPSA) is 57.2 Å². The molecule has 0 atom stereocenters. The van der Waals surface area contributed by atoms with Crippen molar-refractivity contribution < 1.29 is 9.53 Å². The largest absolute Gasteiger partial charge is 0.379 e. The van der Waals surface area contributed by atoms with E-state index in [-0.39, 0.29) is 12.0 Å². The average Bonchev–Trinajstić information content (AvgIpc) is 2.45. The first-order chi connectivity index (χ1) is 10.0. The van der Waals surface area contributed by atoms with Crippen molar-refractivity contribution in [2.75, 3.05) is 45.9 Å². The standard InChI is InChI=1S/C15H30N4O2/c1-5-16-15(17-7-6-12-21-13(2)3)19-10-8-18(9-11-19)14(4)20/h13H,5-12H2,1-4H3,(H,16,17). The van der Waals surface area contributed by atoms with Gasteiger partial charge in [0.1, 0.15) is 0 Å². The molecule has 0 spiro atoms. The molecule has 0 bridgehead atoms. The predicted molar refractivity (Wildman–Crippen MR) is 85.5 cm³/mol. The maximum absolute atomic E-state index is 11.3. The molecule has 21 heavy (non-hydrogen) atoms. The van der Waals surface area contributed by atoms with Crippen LogP contribution in [0.3, 0.4) is 0 Å². The first kappa shape index (κ1) is 17.8. The maximum atomic E-state index is 11.3. The van der Waals surface area contributed by atoms with Crippen LogP contribution in [0, 0.1) is 0 Å². The third-order valence-electron chi connectivity index (χ3n) is 3.37. The molecule has 0 unspecified atom stereocenters. The average molecular weight is 298 g/mol. The van der Waals surface area contributed by atoms with E-state index < -0.39 is 0 Å². The Bertz CT molecular complexity index is 337. The smallest absolute Gasteiger partial charge is 0.219 e. The molecule has 1 fully saturated rings. The van der Waals surface area contributed by atoms with E-state index in [2.05, 4.69) is 22.1 Å². The van der Waals surface area contributed by atoms with Crippen molar-refractivity contribution in [1.82, 2.24) is 15.1 Å². The van der Waals surface area contributed by atoms with Gasteiger partial charge >= 0.3 is 0 Å². The van der Waals surface area contributed by atoms with Crippen LogP contribution < -0.4 is 5.32 Å². The van der Waals surface area contributed by atoms with E-state index in [9.17, 15) is 4.79 Å². The van der Waals surface area contributed by atoms with Gasteiger partial charge in [0.2, 0.25) is 5.91 Å². The van der Waals surface area contributed by atoms with E-state index in [0.717, 1.165) is 58.3 Å². The number of rotatable bonds is 6. The highest BCUT2D eigenvalue weighted by Crippen LogP contribution is 2.03. The highest BCUT2D eigenvalue weighted by Gasteiger charge is 2.20. The van der Waals surface area contributed by atoms with E-state index in [1.807, 2.05) is 18.7 Å². The summed E-state index contributed by atoms with van der Waals surface area (Å²) in [7, 11) is 0. The van der Waals surface area contributed by atoms with Gasteiger partial charge in [-0.3, -0.25) is 9.79 Å². The van der Waals surface area contributed by atoms with Crippen LogP contribution >= 0.6 is 0 Å². The minimum Gasteiger partial charge on any atom is -0.379 e. The minimum absolute atomic E-state index is 0.155. The van der Waals surface area contributed by atoms with Crippen LogP contribution in [0.25, 0.3) is 0 Å². The summed E-state index contributed by atoms with van der Waals surface area (Å²) in [5, 5.41) is 3.33. The SMILES string of the molecule is CCNC(=NCCCOC(C)C)N1CCN(C(C)=O)CC1. The Morgan fingerprint density at radius 1 is 1.24 bits per heavy atom. The van der Waals surface area contributed by atoms with E-state index in [0.29, 0.717) is 0 Å². The molecule has 6 nitrogen and oxygen atoms in total. The van der Waals surface area contributed by atoms with Crippen LogP contribution in [0.15, 0.2) is 4.99 Å². The summed E-state index contributed by atoms with van der Waals surface area (Å²) in [6.07, 6.45) is 1.21. The number of amides is 1. The third-order valence-corrected chi connectivity index (χ3v) is 3.37. The number of nitrogens with zero attached hydrogens (tertiary/aromatic N) is 3. The number of hydrogen-bond acceptors (Lipinski definition) is 3. The van der Waals surface area contributed by atoms with Gasteiger partial charge in [0, 0.05) is 52.8 Å². The van der Waals surface area contributed by atoms with Gasteiger partial charge in [-0.05, 0) is 27.2 Å². The molecule has 1 amide bonds. The van der Waals surface area contributed by atoms with Gasteiger partial charge in [-0.15, -0.1) is 0 Å². The molecule has 0 aliphatic carbocycles. The highest BCUT2D eigenvalue weighted by atomic mass is 16.5. The molecule has 6 heteroatoms. The van der Waals surface area contributed by atoms with Crippen molar-refractivity contribution in [2.24, 2.45) is 4.99 Å². The maximum Gasteiger partial charge on any atom is 0.219 e. The Balaban J connectivity index is 2.40.